The summed E-state index contributed by atoms with van der Waals surface area (Å²) < 4.78 is 0. The van der Waals surface area contributed by atoms with Crippen LogP contribution in [0.15, 0.2) is 66.7 Å². The lowest BCUT2D eigenvalue weighted by atomic mass is 10.1. The van der Waals surface area contributed by atoms with Crippen molar-refractivity contribution in [1.29, 1.82) is 0 Å². The normalized spacial score (nSPS) is 14.0. The molecule has 5 nitrogen and oxygen atoms in total. The third-order valence-electron chi connectivity index (χ3n) is 6.21. The van der Waals surface area contributed by atoms with Gasteiger partial charge in [-0.25, -0.2) is 0 Å². The number of carbonyl (C=O) groups excluding carboxylic acids is 1. The van der Waals surface area contributed by atoms with E-state index in [0.29, 0.717) is 5.56 Å². The molecule has 0 radical (unpaired) electrons. The summed E-state index contributed by atoms with van der Waals surface area (Å²) in [5.41, 5.74) is 6.01. The predicted octanol–water partition coefficient (Wildman–Crippen LogP) is 5.41. The minimum Gasteiger partial charge on any atom is -0.369 e. The lowest BCUT2D eigenvalue weighted by Gasteiger charge is -2.36. The molecule has 2 N–H and O–H groups in total. The highest BCUT2D eigenvalue weighted by molar-refractivity contribution is 7.80. The molecule has 3 aromatic rings. The van der Waals surface area contributed by atoms with Crippen molar-refractivity contribution in [3.8, 4) is 0 Å². The Morgan fingerprint density at radius 3 is 2.32 bits per heavy atom. The van der Waals surface area contributed by atoms with Crippen molar-refractivity contribution in [3.05, 3.63) is 94.0 Å². The molecule has 34 heavy (non-hydrogen) atoms. The number of aryl methyl sites for hydroxylation is 2. The van der Waals surface area contributed by atoms with E-state index in [1.165, 1.54) is 11.3 Å². The average molecular weight is 493 g/mol. The predicted molar refractivity (Wildman–Crippen MR) is 145 cm³/mol. The van der Waals surface area contributed by atoms with Crippen LogP contribution in [0.3, 0.4) is 0 Å². The molecule has 0 saturated carbocycles. The summed E-state index contributed by atoms with van der Waals surface area (Å²) in [5, 5.41) is 6.96. The van der Waals surface area contributed by atoms with E-state index in [4.69, 9.17) is 23.8 Å². The first-order chi connectivity index (χ1) is 16.4. The van der Waals surface area contributed by atoms with Gasteiger partial charge in [-0.05, 0) is 85.2 Å². The van der Waals surface area contributed by atoms with Gasteiger partial charge in [0.2, 0.25) is 0 Å². The summed E-state index contributed by atoms with van der Waals surface area (Å²) in [6, 6.07) is 21.8. The van der Waals surface area contributed by atoms with Gasteiger partial charge in [0.1, 0.15) is 0 Å². The maximum atomic E-state index is 12.5. The molecule has 0 bridgehead atoms. The van der Waals surface area contributed by atoms with Crippen LogP contribution in [0, 0.1) is 13.8 Å². The molecule has 176 valence electrons. The number of amides is 1. The Kier molecular flexibility index (Phi) is 7.83. The molecule has 0 aromatic heterocycles. The number of rotatable bonds is 5. The summed E-state index contributed by atoms with van der Waals surface area (Å²) in [5.74, 6) is -0.216. The monoisotopic (exact) mass is 492 g/mol. The van der Waals surface area contributed by atoms with Gasteiger partial charge in [0.15, 0.2) is 5.11 Å². The largest absolute Gasteiger partial charge is 0.369 e. The zero-order chi connectivity index (χ0) is 24.1. The van der Waals surface area contributed by atoms with Gasteiger partial charge < -0.3 is 10.2 Å². The van der Waals surface area contributed by atoms with E-state index in [9.17, 15) is 4.79 Å². The highest BCUT2D eigenvalue weighted by atomic mass is 35.5. The Morgan fingerprint density at radius 1 is 0.941 bits per heavy atom. The van der Waals surface area contributed by atoms with Gasteiger partial charge in [0, 0.05) is 54.7 Å². The number of thiocarbonyl (C=S) groups is 1. The third-order valence-corrected chi connectivity index (χ3v) is 6.78. The molecule has 4 rings (SSSR count). The van der Waals surface area contributed by atoms with Crippen LogP contribution in [-0.4, -0.2) is 42.1 Å². The minimum absolute atomic E-state index is 0.216. The second-order valence-electron chi connectivity index (χ2n) is 8.61. The first-order valence-electron chi connectivity index (χ1n) is 11.4. The van der Waals surface area contributed by atoms with Crippen molar-refractivity contribution in [2.45, 2.75) is 20.4 Å². The lowest BCUT2D eigenvalue weighted by molar-refractivity contribution is 0.0977. The van der Waals surface area contributed by atoms with Gasteiger partial charge in [-0.2, -0.15) is 0 Å². The summed E-state index contributed by atoms with van der Waals surface area (Å²) in [6.45, 7) is 8.78. The molecule has 0 atom stereocenters. The van der Waals surface area contributed by atoms with E-state index in [2.05, 4.69) is 38.6 Å². The van der Waals surface area contributed by atoms with Gasteiger partial charge in [-0.3, -0.25) is 15.0 Å². The van der Waals surface area contributed by atoms with Crippen molar-refractivity contribution in [3.63, 3.8) is 0 Å². The molecular formula is C27H29ClN4OS. The molecule has 7 heteroatoms. The van der Waals surface area contributed by atoms with Gasteiger partial charge in [-0.15, -0.1) is 0 Å². The van der Waals surface area contributed by atoms with Crippen molar-refractivity contribution < 1.29 is 4.79 Å². The Morgan fingerprint density at radius 2 is 1.65 bits per heavy atom. The first kappa shape index (κ1) is 24.2. The van der Waals surface area contributed by atoms with E-state index in [0.717, 1.165) is 54.6 Å². The Balaban J connectivity index is 1.27. The second kappa shape index (κ2) is 11.0. The van der Waals surface area contributed by atoms with Crippen molar-refractivity contribution in [2.75, 3.05) is 36.4 Å². The number of benzene rings is 3. The van der Waals surface area contributed by atoms with Crippen LogP contribution in [0.5, 0.6) is 0 Å². The molecule has 1 fully saturated rings. The molecular weight excluding hydrogens is 464 g/mol. The maximum absolute atomic E-state index is 12.5. The quantitative estimate of drug-likeness (QED) is 0.466. The number of halogens is 1. The van der Waals surface area contributed by atoms with Gasteiger partial charge in [0.25, 0.3) is 5.91 Å². The number of nitrogens with one attached hydrogen (secondary N) is 2. The number of hydrogen-bond donors (Lipinski definition) is 2. The number of carbonyl (C=O) groups is 1. The van der Waals surface area contributed by atoms with Crippen LogP contribution in [0.25, 0.3) is 0 Å². The SMILES string of the molecule is Cc1ccc(C(=O)NC(=S)Nc2ccc(N3CCN(Cc4ccccc4Cl)CC3)cc2)cc1C. The standard InChI is InChI=1S/C27H29ClN4OS/c1-19-7-8-21(17-20(19)2)26(33)30-27(34)29-23-9-11-24(12-10-23)32-15-13-31(14-16-32)18-22-5-3-4-6-25(22)28/h3-12,17H,13-16,18H2,1-2H3,(H2,29,30,33,34). The fraction of sp³-hybridized carbons (Fsp3) is 0.259. The van der Waals surface area contributed by atoms with Crippen molar-refractivity contribution in [1.82, 2.24) is 10.2 Å². The molecule has 1 aliphatic heterocycles. The highest BCUT2D eigenvalue weighted by Crippen LogP contribution is 2.22. The molecule has 0 unspecified atom stereocenters. The molecule has 0 aliphatic carbocycles. The van der Waals surface area contributed by atoms with Crippen LogP contribution >= 0.6 is 23.8 Å². The van der Waals surface area contributed by atoms with Crippen LogP contribution in [0.1, 0.15) is 27.0 Å². The van der Waals surface area contributed by atoms with Crippen LogP contribution in [0.4, 0.5) is 11.4 Å². The fourth-order valence-electron chi connectivity index (χ4n) is 4.01. The van der Waals surface area contributed by atoms with E-state index in [1.54, 1.807) is 0 Å². The van der Waals surface area contributed by atoms with E-state index < -0.39 is 0 Å². The molecule has 0 spiro atoms. The van der Waals surface area contributed by atoms with E-state index in [-0.39, 0.29) is 11.0 Å². The van der Waals surface area contributed by atoms with Gasteiger partial charge >= 0.3 is 0 Å². The average Bonchev–Trinajstić information content (AvgIpc) is 2.83. The lowest BCUT2D eigenvalue weighted by Crippen LogP contribution is -2.46. The second-order valence-corrected chi connectivity index (χ2v) is 9.42. The van der Waals surface area contributed by atoms with Crippen molar-refractivity contribution >= 4 is 46.2 Å². The van der Waals surface area contributed by atoms with E-state index in [1.807, 2.05) is 62.4 Å². The topological polar surface area (TPSA) is 47.6 Å². The van der Waals surface area contributed by atoms with Crippen LogP contribution in [-0.2, 0) is 6.54 Å². The first-order valence-corrected chi connectivity index (χ1v) is 12.2. The van der Waals surface area contributed by atoms with Crippen LogP contribution < -0.4 is 15.5 Å². The van der Waals surface area contributed by atoms with Crippen molar-refractivity contribution in [2.24, 2.45) is 0 Å². The summed E-state index contributed by atoms with van der Waals surface area (Å²) >= 11 is 11.7. The molecule has 1 saturated heterocycles. The third kappa shape index (κ3) is 6.14. The maximum Gasteiger partial charge on any atom is 0.257 e. The molecule has 3 aromatic carbocycles. The highest BCUT2D eigenvalue weighted by Gasteiger charge is 2.18. The fourth-order valence-corrected chi connectivity index (χ4v) is 4.41. The van der Waals surface area contributed by atoms with Gasteiger partial charge in [-0.1, -0.05) is 35.9 Å². The van der Waals surface area contributed by atoms with Gasteiger partial charge in [0.05, 0.1) is 0 Å². The Hall–Kier alpha value is -2.93. The molecule has 1 heterocycles. The minimum atomic E-state index is -0.216. The number of piperazine rings is 1. The smallest absolute Gasteiger partial charge is 0.257 e. The number of nitrogens with zero attached hydrogens (tertiary/aromatic N) is 2. The molecule has 1 aliphatic rings. The molecule has 1 amide bonds. The summed E-state index contributed by atoms with van der Waals surface area (Å²) in [6.07, 6.45) is 0. The number of anilines is 2. The number of hydrogen-bond acceptors (Lipinski definition) is 4. The summed E-state index contributed by atoms with van der Waals surface area (Å²) in [4.78, 5) is 17.3. The van der Waals surface area contributed by atoms with E-state index >= 15 is 0 Å². The van der Waals surface area contributed by atoms with Crippen LogP contribution in [0.2, 0.25) is 5.02 Å². The zero-order valence-electron chi connectivity index (χ0n) is 19.5. The zero-order valence-corrected chi connectivity index (χ0v) is 21.0. The summed E-state index contributed by atoms with van der Waals surface area (Å²) in [7, 11) is 0. The Labute approximate surface area is 211 Å². The Bertz CT molecular complexity index is 1170.